The summed E-state index contributed by atoms with van der Waals surface area (Å²) >= 11 is 0. The first-order valence-corrected chi connectivity index (χ1v) is 9.54. The van der Waals surface area contributed by atoms with E-state index in [1.807, 2.05) is 67.9 Å². The normalized spacial score (nSPS) is 11.6. The van der Waals surface area contributed by atoms with Crippen LogP contribution in [0.5, 0.6) is 0 Å². The fourth-order valence-corrected chi connectivity index (χ4v) is 3.31. The smallest absolute Gasteiger partial charge is 0.266 e. The molecule has 6 nitrogen and oxygen atoms in total. The highest BCUT2D eigenvalue weighted by atomic mass is 16.1. The molecule has 1 amide bonds. The zero-order valence-electron chi connectivity index (χ0n) is 17.4. The van der Waals surface area contributed by atoms with Gasteiger partial charge in [0.2, 0.25) is 0 Å². The van der Waals surface area contributed by atoms with Crippen molar-refractivity contribution in [2.75, 3.05) is 5.32 Å². The predicted molar refractivity (Wildman–Crippen MR) is 115 cm³/mol. The highest BCUT2D eigenvalue weighted by Gasteiger charge is 2.16. The number of anilines is 1. The molecule has 0 aliphatic rings. The Kier molecular flexibility index (Phi) is 5.69. The lowest BCUT2D eigenvalue weighted by Crippen LogP contribution is -2.13. The minimum absolute atomic E-state index is 0.0585. The summed E-state index contributed by atoms with van der Waals surface area (Å²) in [7, 11) is 0. The molecule has 0 radical (unpaired) electrons. The van der Waals surface area contributed by atoms with Gasteiger partial charge >= 0.3 is 0 Å². The number of rotatable bonds is 5. The molecular formula is C23H25N5O. The van der Waals surface area contributed by atoms with Crippen LogP contribution in [0, 0.1) is 32.1 Å². The number of aromatic nitrogens is 3. The van der Waals surface area contributed by atoms with E-state index in [0.29, 0.717) is 5.69 Å². The molecule has 0 saturated carbocycles. The van der Waals surface area contributed by atoms with Gasteiger partial charge in [-0.3, -0.25) is 4.79 Å². The third-order valence-corrected chi connectivity index (χ3v) is 4.81. The largest absolute Gasteiger partial charge is 0.321 e. The van der Waals surface area contributed by atoms with Crippen molar-refractivity contribution >= 4 is 17.7 Å². The second-order valence-corrected chi connectivity index (χ2v) is 7.38. The van der Waals surface area contributed by atoms with Crippen LogP contribution in [0.25, 0.3) is 11.9 Å². The molecule has 148 valence electrons. The molecule has 0 bridgehead atoms. The van der Waals surface area contributed by atoms with Crippen molar-refractivity contribution < 1.29 is 4.79 Å². The summed E-state index contributed by atoms with van der Waals surface area (Å²) in [5, 5.41) is 16.7. The molecule has 1 aromatic carbocycles. The molecule has 2 aromatic heterocycles. The van der Waals surface area contributed by atoms with Crippen molar-refractivity contribution in [1.82, 2.24) is 14.3 Å². The fourth-order valence-electron chi connectivity index (χ4n) is 3.31. The first-order chi connectivity index (χ1) is 13.8. The van der Waals surface area contributed by atoms with Crippen LogP contribution in [-0.2, 0) is 4.79 Å². The van der Waals surface area contributed by atoms with E-state index in [-0.39, 0.29) is 11.6 Å². The maximum atomic E-state index is 12.6. The Balaban J connectivity index is 1.94. The lowest BCUT2D eigenvalue weighted by molar-refractivity contribution is -0.112. The van der Waals surface area contributed by atoms with Crippen LogP contribution in [0.4, 0.5) is 5.69 Å². The highest BCUT2D eigenvalue weighted by Crippen LogP contribution is 2.24. The van der Waals surface area contributed by atoms with E-state index < -0.39 is 5.91 Å². The highest BCUT2D eigenvalue weighted by molar-refractivity contribution is 6.09. The number of benzene rings is 1. The van der Waals surface area contributed by atoms with Gasteiger partial charge in [0.1, 0.15) is 17.5 Å². The topological polar surface area (TPSA) is 75.6 Å². The van der Waals surface area contributed by atoms with E-state index in [1.165, 1.54) is 0 Å². The van der Waals surface area contributed by atoms with Crippen molar-refractivity contribution in [2.24, 2.45) is 0 Å². The average molecular weight is 387 g/mol. The van der Waals surface area contributed by atoms with Gasteiger partial charge in [0.05, 0.1) is 6.20 Å². The van der Waals surface area contributed by atoms with E-state index in [1.54, 1.807) is 12.3 Å². The van der Waals surface area contributed by atoms with Crippen LogP contribution in [-0.4, -0.2) is 20.3 Å². The summed E-state index contributed by atoms with van der Waals surface area (Å²) in [6, 6.07) is 13.6. The van der Waals surface area contributed by atoms with Gasteiger partial charge in [-0.2, -0.15) is 10.4 Å². The monoisotopic (exact) mass is 387 g/mol. The summed E-state index contributed by atoms with van der Waals surface area (Å²) in [5.41, 5.74) is 4.60. The van der Waals surface area contributed by atoms with Gasteiger partial charge in [-0.1, -0.05) is 17.7 Å². The molecule has 29 heavy (non-hydrogen) atoms. The Morgan fingerprint density at radius 2 is 1.86 bits per heavy atom. The summed E-state index contributed by atoms with van der Waals surface area (Å²) < 4.78 is 4.04. The first-order valence-electron chi connectivity index (χ1n) is 9.54. The Hall–Kier alpha value is -3.59. The minimum atomic E-state index is -0.423. The van der Waals surface area contributed by atoms with E-state index >= 15 is 0 Å². The SMILES string of the molecule is Cc1ccc(NC(=O)/C(C#N)=C/c2cc(C)n(-c3ccnn3C(C)C)c2C)cc1. The maximum Gasteiger partial charge on any atom is 0.266 e. The third kappa shape index (κ3) is 4.14. The van der Waals surface area contributed by atoms with Crippen LogP contribution >= 0.6 is 0 Å². The van der Waals surface area contributed by atoms with Crippen LogP contribution in [0.2, 0.25) is 0 Å². The van der Waals surface area contributed by atoms with E-state index in [2.05, 4.69) is 28.8 Å². The lowest BCUT2D eigenvalue weighted by Gasteiger charge is -2.15. The second kappa shape index (κ2) is 8.19. The molecule has 6 heteroatoms. The number of carbonyl (C=O) groups excluding carboxylic acids is 1. The predicted octanol–water partition coefficient (Wildman–Crippen LogP) is 4.73. The number of nitriles is 1. The maximum absolute atomic E-state index is 12.6. The standard InChI is InChI=1S/C23H25N5O/c1-15(2)28-22(10-11-25-28)27-17(4)12-19(18(27)5)13-20(14-24)23(29)26-21-8-6-16(3)7-9-21/h6-13,15H,1-5H3,(H,26,29)/b20-13+. The Morgan fingerprint density at radius 3 is 2.48 bits per heavy atom. The van der Waals surface area contributed by atoms with E-state index in [9.17, 15) is 10.1 Å². The van der Waals surface area contributed by atoms with Crippen molar-refractivity contribution in [3.63, 3.8) is 0 Å². The van der Waals surface area contributed by atoms with E-state index in [4.69, 9.17) is 0 Å². The summed E-state index contributed by atoms with van der Waals surface area (Å²) in [5.74, 6) is 0.533. The van der Waals surface area contributed by atoms with Crippen LogP contribution in [0.3, 0.4) is 0 Å². The minimum Gasteiger partial charge on any atom is -0.321 e. The van der Waals surface area contributed by atoms with Crippen LogP contribution in [0.15, 0.2) is 48.2 Å². The Morgan fingerprint density at radius 1 is 1.17 bits per heavy atom. The molecule has 0 atom stereocenters. The van der Waals surface area contributed by atoms with Gasteiger partial charge in [-0.05, 0) is 64.5 Å². The summed E-state index contributed by atoms with van der Waals surface area (Å²) in [6.45, 7) is 10.1. The van der Waals surface area contributed by atoms with Gasteiger partial charge < -0.3 is 9.88 Å². The molecule has 3 aromatic rings. The van der Waals surface area contributed by atoms with Gasteiger partial charge in [-0.15, -0.1) is 0 Å². The molecule has 0 aliphatic heterocycles. The molecule has 0 saturated heterocycles. The molecule has 0 fully saturated rings. The van der Waals surface area contributed by atoms with E-state index in [0.717, 1.165) is 28.3 Å². The number of hydrogen-bond donors (Lipinski definition) is 1. The van der Waals surface area contributed by atoms with Gasteiger partial charge in [0.25, 0.3) is 5.91 Å². The molecule has 1 N–H and O–H groups in total. The van der Waals surface area contributed by atoms with Crippen molar-refractivity contribution in [3.05, 3.63) is 70.7 Å². The molecule has 0 aliphatic carbocycles. The average Bonchev–Trinajstić information content (AvgIpc) is 3.25. The zero-order valence-corrected chi connectivity index (χ0v) is 17.4. The van der Waals surface area contributed by atoms with Crippen molar-refractivity contribution in [2.45, 2.75) is 40.7 Å². The van der Waals surface area contributed by atoms with Crippen molar-refractivity contribution in [3.8, 4) is 11.9 Å². The number of amides is 1. The van der Waals surface area contributed by atoms with Gasteiger partial charge in [-0.25, -0.2) is 4.68 Å². The number of nitrogens with zero attached hydrogens (tertiary/aromatic N) is 4. The summed E-state index contributed by atoms with van der Waals surface area (Å²) in [4.78, 5) is 12.6. The quantitative estimate of drug-likeness (QED) is 0.508. The van der Waals surface area contributed by atoms with Crippen molar-refractivity contribution in [1.29, 1.82) is 5.26 Å². The molecular weight excluding hydrogens is 362 g/mol. The number of carbonyl (C=O) groups is 1. The van der Waals surface area contributed by atoms with Gasteiger partial charge in [0, 0.05) is 29.2 Å². The molecule has 0 spiro atoms. The van der Waals surface area contributed by atoms with Gasteiger partial charge in [0.15, 0.2) is 0 Å². The number of nitrogens with one attached hydrogen (secondary N) is 1. The fraction of sp³-hybridized carbons (Fsp3) is 0.261. The Labute approximate surface area is 171 Å². The van der Waals surface area contributed by atoms with Crippen LogP contribution in [0.1, 0.15) is 42.4 Å². The lowest BCUT2D eigenvalue weighted by atomic mass is 10.1. The Bertz CT molecular complexity index is 1110. The molecule has 0 unspecified atom stereocenters. The third-order valence-electron chi connectivity index (χ3n) is 4.81. The summed E-state index contributed by atoms with van der Waals surface area (Å²) in [6.07, 6.45) is 3.41. The van der Waals surface area contributed by atoms with Crippen LogP contribution < -0.4 is 5.32 Å². The molecule has 3 rings (SSSR count). The second-order valence-electron chi connectivity index (χ2n) is 7.38. The number of aryl methyl sites for hydroxylation is 2. The number of hydrogen-bond acceptors (Lipinski definition) is 3. The first kappa shape index (κ1) is 20.2. The zero-order chi connectivity index (χ0) is 21.1. The molecule has 2 heterocycles.